The number of hydrogen-bond acceptors (Lipinski definition) is 3. The Morgan fingerprint density at radius 2 is 2.00 bits per heavy atom. The number of carboxylic acid groups (broad SMARTS) is 1. The Morgan fingerprint density at radius 1 is 1.35 bits per heavy atom. The van der Waals surface area contributed by atoms with Crippen LogP contribution in [0.25, 0.3) is 0 Å². The van der Waals surface area contributed by atoms with Crippen molar-refractivity contribution >= 4 is 21.9 Å². The van der Waals surface area contributed by atoms with Gasteiger partial charge in [-0.1, -0.05) is 20.3 Å². The molecule has 0 radical (unpaired) electrons. The fraction of sp³-hybridized carbons (Fsp3) is 0.533. The number of benzene rings is 1. The van der Waals surface area contributed by atoms with Crippen LogP contribution < -0.4 is 9.47 Å². The lowest BCUT2D eigenvalue weighted by Gasteiger charge is -2.40. The number of carbonyl (C=O) groups is 1. The predicted octanol–water partition coefficient (Wildman–Crippen LogP) is 3.81. The van der Waals surface area contributed by atoms with Gasteiger partial charge in [0.1, 0.15) is 0 Å². The van der Waals surface area contributed by atoms with Crippen molar-refractivity contribution in [2.75, 3.05) is 6.79 Å². The van der Waals surface area contributed by atoms with Crippen LogP contribution in [-0.2, 0) is 10.2 Å². The summed E-state index contributed by atoms with van der Waals surface area (Å²) in [6.45, 7) is 4.31. The van der Waals surface area contributed by atoms with Crippen LogP contribution in [0.5, 0.6) is 11.5 Å². The summed E-state index contributed by atoms with van der Waals surface area (Å²) in [4.78, 5) is 11.8. The summed E-state index contributed by atoms with van der Waals surface area (Å²) in [5.41, 5.74) is 1.09. The molecule has 3 rings (SSSR count). The number of ether oxygens (including phenoxy) is 2. The van der Waals surface area contributed by atoms with Crippen molar-refractivity contribution in [3.8, 4) is 11.5 Å². The average Bonchev–Trinajstić information content (AvgIpc) is 2.75. The van der Waals surface area contributed by atoms with E-state index in [-0.39, 0.29) is 12.7 Å². The first-order valence-electron chi connectivity index (χ1n) is 6.83. The molecule has 0 unspecified atom stereocenters. The molecule has 4 nitrogen and oxygen atoms in total. The maximum Gasteiger partial charge on any atom is 0.314 e. The van der Waals surface area contributed by atoms with Gasteiger partial charge in [-0.2, -0.15) is 0 Å². The van der Waals surface area contributed by atoms with Crippen molar-refractivity contribution in [2.45, 2.75) is 44.4 Å². The lowest BCUT2D eigenvalue weighted by Crippen LogP contribution is -2.43. The fourth-order valence-corrected chi connectivity index (χ4v) is 3.67. The van der Waals surface area contributed by atoms with Gasteiger partial charge < -0.3 is 14.6 Å². The largest absolute Gasteiger partial charge is 0.481 e. The normalized spacial score (nSPS) is 19.0. The molecule has 0 spiro atoms. The summed E-state index contributed by atoms with van der Waals surface area (Å²) in [7, 11) is 0. The topological polar surface area (TPSA) is 55.8 Å². The number of rotatable bonds is 3. The summed E-state index contributed by atoms with van der Waals surface area (Å²) < 4.78 is 11.9. The van der Waals surface area contributed by atoms with Crippen LogP contribution in [0.1, 0.15) is 50.2 Å². The van der Waals surface area contributed by atoms with Crippen LogP contribution in [0.4, 0.5) is 0 Å². The summed E-state index contributed by atoms with van der Waals surface area (Å²) in [6.07, 6.45) is 2.33. The molecule has 5 heteroatoms. The Balaban J connectivity index is 2.25. The molecule has 1 aromatic rings. The molecule has 1 saturated carbocycles. The summed E-state index contributed by atoms with van der Waals surface area (Å²) in [6, 6.07) is 1.91. The van der Waals surface area contributed by atoms with E-state index in [1.807, 2.05) is 6.07 Å². The van der Waals surface area contributed by atoms with Crippen molar-refractivity contribution in [1.29, 1.82) is 0 Å². The molecule has 0 aromatic heterocycles. The Morgan fingerprint density at radius 3 is 2.50 bits per heavy atom. The zero-order valence-electron chi connectivity index (χ0n) is 11.5. The number of aliphatic carboxylic acids is 1. The molecule has 0 bridgehead atoms. The highest BCUT2D eigenvalue weighted by Crippen LogP contribution is 2.53. The quantitative estimate of drug-likeness (QED) is 0.908. The van der Waals surface area contributed by atoms with Crippen molar-refractivity contribution < 1.29 is 19.4 Å². The summed E-state index contributed by atoms with van der Waals surface area (Å²) in [5.74, 6) is 0.844. The van der Waals surface area contributed by atoms with E-state index >= 15 is 0 Å². The van der Waals surface area contributed by atoms with E-state index < -0.39 is 11.4 Å². The Kier molecular flexibility index (Phi) is 3.20. The number of carboxylic acids is 1. The lowest BCUT2D eigenvalue weighted by atomic mass is 9.62. The van der Waals surface area contributed by atoms with E-state index in [9.17, 15) is 9.90 Å². The summed E-state index contributed by atoms with van der Waals surface area (Å²) >= 11 is 3.48. The van der Waals surface area contributed by atoms with E-state index in [1.54, 1.807) is 0 Å². The molecule has 0 saturated heterocycles. The first kappa shape index (κ1) is 13.7. The van der Waals surface area contributed by atoms with Gasteiger partial charge in [0.2, 0.25) is 6.79 Å². The first-order chi connectivity index (χ1) is 9.47. The zero-order chi connectivity index (χ0) is 14.5. The fourth-order valence-electron chi connectivity index (χ4n) is 3.15. The molecule has 1 fully saturated rings. The Labute approximate surface area is 126 Å². The molecule has 1 aromatic carbocycles. The van der Waals surface area contributed by atoms with Crippen LogP contribution in [-0.4, -0.2) is 17.9 Å². The van der Waals surface area contributed by atoms with Gasteiger partial charge in [0.15, 0.2) is 11.5 Å². The molecule has 1 heterocycles. The highest BCUT2D eigenvalue weighted by molar-refractivity contribution is 9.10. The Bertz CT molecular complexity index is 576. The van der Waals surface area contributed by atoms with Gasteiger partial charge in [0.25, 0.3) is 0 Å². The third-order valence-electron chi connectivity index (χ3n) is 4.34. The lowest BCUT2D eigenvalue weighted by molar-refractivity contribution is -0.147. The van der Waals surface area contributed by atoms with Crippen LogP contribution in [0.15, 0.2) is 10.5 Å². The summed E-state index contributed by atoms with van der Waals surface area (Å²) in [5, 5.41) is 9.70. The van der Waals surface area contributed by atoms with Gasteiger partial charge in [0, 0.05) is 5.56 Å². The minimum Gasteiger partial charge on any atom is -0.481 e. The second kappa shape index (κ2) is 4.65. The molecule has 20 heavy (non-hydrogen) atoms. The molecule has 108 valence electrons. The smallest absolute Gasteiger partial charge is 0.314 e. The maximum atomic E-state index is 11.8. The van der Waals surface area contributed by atoms with Gasteiger partial charge in [-0.15, -0.1) is 0 Å². The predicted molar refractivity (Wildman–Crippen MR) is 77.5 cm³/mol. The van der Waals surface area contributed by atoms with Crippen molar-refractivity contribution in [3.05, 3.63) is 21.7 Å². The highest BCUT2D eigenvalue weighted by Gasteiger charge is 2.48. The van der Waals surface area contributed by atoms with E-state index in [0.29, 0.717) is 24.3 Å². The molecule has 0 amide bonds. The van der Waals surface area contributed by atoms with Crippen LogP contribution in [0.3, 0.4) is 0 Å². The second-order valence-electron chi connectivity index (χ2n) is 5.78. The molecule has 2 aliphatic rings. The second-order valence-corrected chi connectivity index (χ2v) is 6.63. The van der Waals surface area contributed by atoms with Gasteiger partial charge in [-0.3, -0.25) is 4.79 Å². The first-order valence-corrected chi connectivity index (χ1v) is 7.62. The van der Waals surface area contributed by atoms with E-state index in [1.165, 1.54) is 0 Å². The van der Waals surface area contributed by atoms with Crippen LogP contribution >= 0.6 is 15.9 Å². The third kappa shape index (κ3) is 1.75. The third-order valence-corrected chi connectivity index (χ3v) is 4.93. The molecule has 0 atom stereocenters. The minimum atomic E-state index is -0.761. The van der Waals surface area contributed by atoms with E-state index in [2.05, 4.69) is 29.8 Å². The molecule has 1 N–H and O–H groups in total. The maximum absolute atomic E-state index is 11.8. The standard InChI is InChI=1S/C15H17BrO4/c1-8(2)11-9(15(14(17)18)4-3-5-15)6-10(16)12-13(11)20-7-19-12/h6,8H,3-5,7H2,1-2H3,(H,17,18). The average molecular weight is 341 g/mol. The number of halogens is 1. The van der Waals surface area contributed by atoms with Gasteiger partial charge in [-0.05, 0) is 46.3 Å². The van der Waals surface area contributed by atoms with Gasteiger partial charge in [0.05, 0.1) is 9.89 Å². The van der Waals surface area contributed by atoms with E-state index in [0.717, 1.165) is 22.0 Å². The molecule has 1 aliphatic carbocycles. The van der Waals surface area contributed by atoms with Crippen LogP contribution in [0.2, 0.25) is 0 Å². The number of hydrogen-bond donors (Lipinski definition) is 1. The molecular weight excluding hydrogens is 324 g/mol. The molecular formula is C15H17BrO4. The minimum absolute atomic E-state index is 0.186. The van der Waals surface area contributed by atoms with E-state index in [4.69, 9.17) is 9.47 Å². The van der Waals surface area contributed by atoms with Gasteiger partial charge >= 0.3 is 5.97 Å². The van der Waals surface area contributed by atoms with Crippen LogP contribution in [0, 0.1) is 0 Å². The zero-order valence-corrected chi connectivity index (χ0v) is 13.1. The highest BCUT2D eigenvalue weighted by atomic mass is 79.9. The van der Waals surface area contributed by atoms with Crippen molar-refractivity contribution in [3.63, 3.8) is 0 Å². The van der Waals surface area contributed by atoms with Gasteiger partial charge in [-0.25, -0.2) is 0 Å². The van der Waals surface area contributed by atoms with Crippen molar-refractivity contribution in [1.82, 2.24) is 0 Å². The number of fused-ring (bicyclic) bond motifs is 1. The monoisotopic (exact) mass is 340 g/mol. The van der Waals surface area contributed by atoms with Crippen molar-refractivity contribution in [2.24, 2.45) is 0 Å². The Hall–Kier alpha value is -1.23. The SMILES string of the molecule is CC(C)c1c(C2(C(=O)O)CCC2)cc(Br)c2c1OCO2. The molecule has 1 aliphatic heterocycles.